The summed E-state index contributed by atoms with van der Waals surface area (Å²) in [4.78, 5) is 16.3. The predicted molar refractivity (Wildman–Crippen MR) is 82.7 cm³/mol. The second-order valence-corrected chi connectivity index (χ2v) is 4.86. The molecule has 0 fully saturated rings. The molecular formula is C14H15N3O4S. The quantitative estimate of drug-likeness (QED) is 0.299. The normalized spacial score (nSPS) is 13.2. The van der Waals surface area contributed by atoms with E-state index in [-0.39, 0.29) is 6.61 Å². The van der Waals surface area contributed by atoms with E-state index in [1.807, 2.05) is 6.19 Å². The Labute approximate surface area is 132 Å². The number of hydrogen-bond donors (Lipinski definition) is 1. The lowest BCUT2D eigenvalue weighted by Crippen LogP contribution is -2.19. The summed E-state index contributed by atoms with van der Waals surface area (Å²) in [6.07, 6.45) is 3.61. The Kier molecular flexibility index (Phi) is 5.49. The van der Waals surface area contributed by atoms with Crippen LogP contribution in [-0.2, 0) is 4.74 Å². The molecule has 1 aromatic carbocycles. The second kappa shape index (κ2) is 7.56. The highest BCUT2D eigenvalue weighted by atomic mass is 32.2. The van der Waals surface area contributed by atoms with Crippen LogP contribution in [0.3, 0.4) is 0 Å². The van der Waals surface area contributed by atoms with Crippen molar-refractivity contribution in [3.05, 3.63) is 17.7 Å². The fraction of sp³-hybridized carbons (Fsp3) is 0.357. The number of aliphatic imine (C=N–C) groups is 1. The highest BCUT2D eigenvalue weighted by molar-refractivity contribution is 8.13. The van der Waals surface area contributed by atoms with Crippen molar-refractivity contribution in [2.45, 2.75) is 6.92 Å². The van der Waals surface area contributed by atoms with Crippen LogP contribution < -0.4 is 14.8 Å². The summed E-state index contributed by atoms with van der Waals surface area (Å²) in [6.45, 7) is 2.72. The van der Waals surface area contributed by atoms with Crippen molar-refractivity contribution >= 4 is 28.6 Å². The third-order valence-corrected chi connectivity index (χ3v) is 3.32. The number of carbonyl (C=O) groups is 1. The van der Waals surface area contributed by atoms with Gasteiger partial charge in [0.1, 0.15) is 24.5 Å². The SMILES string of the molecule is CCOC(=O)c1ccc(N=C(NC#N)SC)c2c1OCCO2. The Hall–Kier alpha value is -2.40. The molecule has 0 unspecified atom stereocenters. The zero-order valence-corrected chi connectivity index (χ0v) is 13.0. The van der Waals surface area contributed by atoms with E-state index in [4.69, 9.17) is 19.5 Å². The first-order valence-electron chi connectivity index (χ1n) is 6.58. The van der Waals surface area contributed by atoms with Gasteiger partial charge in [0.2, 0.25) is 0 Å². The molecular weight excluding hydrogens is 306 g/mol. The minimum absolute atomic E-state index is 0.275. The van der Waals surface area contributed by atoms with Gasteiger partial charge in [-0.2, -0.15) is 5.26 Å². The monoisotopic (exact) mass is 321 g/mol. The summed E-state index contributed by atoms with van der Waals surface area (Å²) >= 11 is 1.29. The summed E-state index contributed by atoms with van der Waals surface area (Å²) in [6, 6.07) is 3.21. The van der Waals surface area contributed by atoms with Gasteiger partial charge in [0.15, 0.2) is 22.9 Å². The number of nitriles is 1. The molecule has 0 bridgehead atoms. The smallest absolute Gasteiger partial charge is 0.342 e. The molecule has 1 N–H and O–H groups in total. The maximum atomic E-state index is 12.0. The molecule has 0 saturated carbocycles. The molecule has 8 heteroatoms. The minimum Gasteiger partial charge on any atom is -0.485 e. The van der Waals surface area contributed by atoms with Crippen LogP contribution in [0.1, 0.15) is 17.3 Å². The first-order valence-corrected chi connectivity index (χ1v) is 7.81. The molecule has 0 saturated heterocycles. The van der Waals surface area contributed by atoms with E-state index >= 15 is 0 Å². The molecule has 1 aliphatic heterocycles. The van der Waals surface area contributed by atoms with Crippen molar-refractivity contribution in [3.63, 3.8) is 0 Å². The van der Waals surface area contributed by atoms with Crippen molar-refractivity contribution in [2.75, 3.05) is 26.1 Å². The van der Waals surface area contributed by atoms with Gasteiger partial charge in [0, 0.05) is 0 Å². The fourth-order valence-corrected chi connectivity index (χ4v) is 2.20. The molecule has 0 amide bonds. The summed E-state index contributed by atoms with van der Waals surface area (Å²) in [5, 5.41) is 11.6. The van der Waals surface area contributed by atoms with E-state index in [2.05, 4.69) is 10.3 Å². The number of amidine groups is 1. The minimum atomic E-state index is -0.472. The Morgan fingerprint density at radius 2 is 2.18 bits per heavy atom. The van der Waals surface area contributed by atoms with Crippen molar-refractivity contribution in [1.29, 1.82) is 5.26 Å². The van der Waals surface area contributed by atoms with Gasteiger partial charge in [-0.15, -0.1) is 0 Å². The van der Waals surface area contributed by atoms with Crippen LogP contribution >= 0.6 is 11.8 Å². The van der Waals surface area contributed by atoms with E-state index in [0.717, 1.165) is 0 Å². The lowest BCUT2D eigenvalue weighted by Gasteiger charge is -2.21. The number of carbonyl (C=O) groups excluding carboxylic acids is 1. The Morgan fingerprint density at radius 1 is 1.45 bits per heavy atom. The molecule has 1 aliphatic rings. The Morgan fingerprint density at radius 3 is 2.82 bits per heavy atom. The molecule has 0 aliphatic carbocycles. The third-order valence-electron chi connectivity index (χ3n) is 2.74. The zero-order chi connectivity index (χ0) is 15.9. The Balaban J connectivity index is 2.46. The van der Waals surface area contributed by atoms with Gasteiger partial charge in [0.25, 0.3) is 0 Å². The number of hydrogen-bond acceptors (Lipinski definition) is 7. The third kappa shape index (κ3) is 3.43. The highest BCUT2D eigenvalue weighted by Crippen LogP contribution is 2.42. The van der Waals surface area contributed by atoms with Crippen molar-refractivity contribution in [2.24, 2.45) is 4.99 Å². The standard InChI is InChI=1S/C14H15N3O4S/c1-3-19-13(18)9-4-5-10(17-14(22-2)16-8-15)12-11(9)20-6-7-21-12/h4-5H,3,6-7H2,1-2H3,(H,16,17). The average Bonchev–Trinajstić information content (AvgIpc) is 2.54. The number of benzene rings is 1. The maximum absolute atomic E-state index is 12.0. The lowest BCUT2D eigenvalue weighted by atomic mass is 10.1. The molecule has 22 heavy (non-hydrogen) atoms. The molecule has 0 atom stereocenters. The molecule has 0 radical (unpaired) electrons. The van der Waals surface area contributed by atoms with Crippen LogP contribution in [0.4, 0.5) is 5.69 Å². The molecule has 2 rings (SSSR count). The number of ether oxygens (including phenoxy) is 3. The number of rotatable bonds is 3. The van der Waals surface area contributed by atoms with Gasteiger partial charge >= 0.3 is 5.97 Å². The molecule has 0 aromatic heterocycles. The van der Waals surface area contributed by atoms with E-state index in [1.54, 1.807) is 25.3 Å². The predicted octanol–water partition coefficient (Wildman–Crippen LogP) is 2.06. The van der Waals surface area contributed by atoms with Crippen LogP contribution in [0.15, 0.2) is 17.1 Å². The average molecular weight is 321 g/mol. The first kappa shape index (κ1) is 16.0. The van der Waals surface area contributed by atoms with Crippen LogP contribution in [0, 0.1) is 11.5 Å². The van der Waals surface area contributed by atoms with Gasteiger partial charge in [0.05, 0.1) is 6.61 Å². The molecule has 7 nitrogen and oxygen atoms in total. The van der Waals surface area contributed by atoms with Crippen molar-refractivity contribution < 1.29 is 19.0 Å². The molecule has 1 heterocycles. The number of fused-ring (bicyclic) bond motifs is 1. The van der Waals surface area contributed by atoms with Crippen molar-refractivity contribution in [3.8, 4) is 17.7 Å². The van der Waals surface area contributed by atoms with E-state index in [9.17, 15) is 4.79 Å². The number of esters is 1. The summed E-state index contributed by atoms with van der Waals surface area (Å²) in [5.74, 6) is 0.228. The fourth-order valence-electron chi connectivity index (χ4n) is 1.86. The summed E-state index contributed by atoms with van der Waals surface area (Å²) < 4.78 is 16.1. The lowest BCUT2D eigenvalue weighted by molar-refractivity contribution is 0.0516. The molecule has 1 aromatic rings. The van der Waals surface area contributed by atoms with Crippen LogP contribution in [-0.4, -0.2) is 37.2 Å². The van der Waals surface area contributed by atoms with Gasteiger partial charge in [-0.3, -0.25) is 5.32 Å². The number of nitrogens with zero attached hydrogens (tertiary/aromatic N) is 2. The zero-order valence-electron chi connectivity index (χ0n) is 12.2. The first-order chi connectivity index (χ1) is 10.7. The van der Waals surface area contributed by atoms with Gasteiger partial charge in [-0.1, -0.05) is 11.8 Å². The summed E-state index contributed by atoms with van der Waals surface area (Å²) in [5.41, 5.74) is 0.782. The van der Waals surface area contributed by atoms with E-state index in [0.29, 0.717) is 41.1 Å². The largest absolute Gasteiger partial charge is 0.485 e. The number of thioether (sulfide) groups is 1. The van der Waals surface area contributed by atoms with E-state index in [1.165, 1.54) is 11.8 Å². The second-order valence-electron chi connectivity index (χ2n) is 4.07. The number of nitrogens with one attached hydrogen (secondary N) is 1. The van der Waals surface area contributed by atoms with Crippen LogP contribution in [0.25, 0.3) is 0 Å². The maximum Gasteiger partial charge on any atom is 0.342 e. The molecule has 0 spiro atoms. The Bertz CT molecular complexity index is 640. The summed E-state index contributed by atoms with van der Waals surface area (Å²) in [7, 11) is 0. The van der Waals surface area contributed by atoms with Crippen LogP contribution in [0.2, 0.25) is 0 Å². The topological polar surface area (TPSA) is 92.9 Å². The van der Waals surface area contributed by atoms with Crippen LogP contribution in [0.5, 0.6) is 11.5 Å². The highest BCUT2D eigenvalue weighted by Gasteiger charge is 2.24. The van der Waals surface area contributed by atoms with E-state index < -0.39 is 5.97 Å². The van der Waals surface area contributed by atoms with Gasteiger partial charge in [-0.05, 0) is 25.3 Å². The van der Waals surface area contributed by atoms with Crippen molar-refractivity contribution in [1.82, 2.24) is 5.32 Å². The van der Waals surface area contributed by atoms with Gasteiger partial charge < -0.3 is 14.2 Å². The van der Waals surface area contributed by atoms with Gasteiger partial charge in [-0.25, -0.2) is 9.79 Å². The molecule has 116 valence electrons.